The molecule has 0 aliphatic heterocycles. The van der Waals surface area contributed by atoms with Gasteiger partial charge < -0.3 is 10.5 Å². The van der Waals surface area contributed by atoms with Crippen molar-refractivity contribution in [2.45, 2.75) is 12.7 Å². The molecule has 2 N–H and O–H groups in total. The van der Waals surface area contributed by atoms with Gasteiger partial charge in [0.05, 0.1) is 12.4 Å². The van der Waals surface area contributed by atoms with Crippen LogP contribution >= 0.6 is 11.8 Å². The molecule has 0 aliphatic rings. The molecule has 0 radical (unpaired) electrons. The van der Waals surface area contributed by atoms with Crippen LogP contribution in [0.1, 0.15) is 22.8 Å². The number of hydrogen-bond donors (Lipinski definition) is 1. The second-order valence-electron chi connectivity index (χ2n) is 3.36. The first kappa shape index (κ1) is 13.6. The van der Waals surface area contributed by atoms with Gasteiger partial charge in [-0.15, -0.1) is 11.8 Å². The van der Waals surface area contributed by atoms with E-state index < -0.39 is 5.91 Å². The molecular weight excluding hydrogens is 238 g/mol. The number of carbonyl (C=O) groups is 2. The van der Waals surface area contributed by atoms with Gasteiger partial charge in [0.25, 0.3) is 0 Å². The number of hydrogen-bond acceptors (Lipinski definition) is 4. The molecule has 5 heteroatoms. The summed E-state index contributed by atoms with van der Waals surface area (Å²) in [6, 6.07) is 7.03. The highest BCUT2D eigenvalue weighted by Crippen LogP contribution is 2.13. The van der Waals surface area contributed by atoms with E-state index in [-0.39, 0.29) is 5.97 Å². The van der Waals surface area contributed by atoms with Gasteiger partial charge in [-0.2, -0.15) is 0 Å². The monoisotopic (exact) mass is 253 g/mol. The maximum Gasteiger partial charge on any atom is 0.315 e. The number of primary amides is 1. The predicted molar refractivity (Wildman–Crippen MR) is 67.8 cm³/mol. The van der Waals surface area contributed by atoms with Crippen LogP contribution in [-0.2, 0) is 15.3 Å². The van der Waals surface area contributed by atoms with Crippen molar-refractivity contribution in [3.63, 3.8) is 0 Å². The van der Waals surface area contributed by atoms with Crippen molar-refractivity contribution in [1.82, 2.24) is 0 Å². The van der Waals surface area contributed by atoms with Gasteiger partial charge in [0.2, 0.25) is 5.91 Å². The first-order valence-corrected chi connectivity index (χ1v) is 6.41. The Labute approximate surface area is 105 Å². The Morgan fingerprint density at radius 1 is 1.29 bits per heavy atom. The molecule has 1 amide bonds. The van der Waals surface area contributed by atoms with Gasteiger partial charge in [0.1, 0.15) is 0 Å². The van der Waals surface area contributed by atoms with Crippen LogP contribution in [0.25, 0.3) is 0 Å². The summed E-state index contributed by atoms with van der Waals surface area (Å²) in [4.78, 5) is 21.9. The number of benzene rings is 1. The molecule has 1 rings (SSSR count). The molecule has 0 atom stereocenters. The highest BCUT2D eigenvalue weighted by atomic mass is 32.2. The second kappa shape index (κ2) is 6.96. The fraction of sp³-hybridized carbons (Fsp3) is 0.333. The molecule has 1 aromatic rings. The summed E-state index contributed by atoms with van der Waals surface area (Å²) in [5.41, 5.74) is 6.67. The van der Waals surface area contributed by atoms with Crippen molar-refractivity contribution in [3.8, 4) is 0 Å². The number of amides is 1. The van der Waals surface area contributed by atoms with Gasteiger partial charge >= 0.3 is 5.97 Å². The summed E-state index contributed by atoms with van der Waals surface area (Å²) in [5, 5.41) is 0. The van der Waals surface area contributed by atoms with Gasteiger partial charge in [-0.25, -0.2) is 0 Å². The lowest BCUT2D eigenvalue weighted by Crippen LogP contribution is -2.10. The molecule has 0 aliphatic carbocycles. The van der Waals surface area contributed by atoms with Crippen LogP contribution in [0.2, 0.25) is 0 Å². The van der Waals surface area contributed by atoms with Crippen LogP contribution in [0.15, 0.2) is 24.3 Å². The van der Waals surface area contributed by atoms with Gasteiger partial charge in [-0.1, -0.05) is 12.1 Å². The average Bonchev–Trinajstić information content (AvgIpc) is 2.30. The molecule has 0 spiro atoms. The highest BCUT2D eigenvalue weighted by molar-refractivity contribution is 7.99. The van der Waals surface area contributed by atoms with E-state index in [0.717, 1.165) is 5.56 Å². The SMILES string of the molecule is CCOC(=O)CSCc1ccc(C(N)=O)cc1. The van der Waals surface area contributed by atoms with Crippen LogP contribution in [0.3, 0.4) is 0 Å². The topological polar surface area (TPSA) is 69.4 Å². The lowest BCUT2D eigenvalue weighted by molar-refractivity contribution is -0.139. The highest BCUT2D eigenvalue weighted by Gasteiger charge is 2.03. The Hall–Kier alpha value is -1.49. The molecule has 0 fully saturated rings. The van der Waals surface area contributed by atoms with E-state index in [1.807, 2.05) is 12.1 Å². The third-order valence-electron chi connectivity index (χ3n) is 2.03. The molecule has 4 nitrogen and oxygen atoms in total. The van der Waals surface area contributed by atoms with Crippen molar-refractivity contribution < 1.29 is 14.3 Å². The lowest BCUT2D eigenvalue weighted by Gasteiger charge is -2.03. The van der Waals surface area contributed by atoms with Crippen molar-refractivity contribution in [1.29, 1.82) is 0 Å². The quantitative estimate of drug-likeness (QED) is 0.781. The standard InChI is InChI=1S/C12H15NO3S/c1-2-16-11(14)8-17-7-9-3-5-10(6-4-9)12(13)15/h3-6H,2,7-8H2,1H3,(H2,13,15). The number of carbonyl (C=O) groups excluding carboxylic acids is 2. The largest absolute Gasteiger partial charge is 0.465 e. The second-order valence-corrected chi connectivity index (χ2v) is 4.34. The number of rotatable bonds is 6. The summed E-state index contributed by atoms with van der Waals surface area (Å²) in [6.45, 7) is 2.19. The number of nitrogens with two attached hydrogens (primary N) is 1. The maximum absolute atomic E-state index is 11.1. The minimum absolute atomic E-state index is 0.203. The van der Waals surface area contributed by atoms with E-state index in [2.05, 4.69) is 0 Å². The Morgan fingerprint density at radius 3 is 2.47 bits per heavy atom. The molecule has 1 aromatic carbocycles. The molecule has 0 saturated carbocycles. The molecule has 17 heavy (non-hydrogen) atoms. The lowest BCUT2D eigenvalue weighted by atomic mass is 10.1. The molecule has 0 aromatic heterocycles. The van der Waals surface area contributed by atoms with Crippen LogP contribution in [0.4, 0.5) is 0 Å². The fourth-order valence-electron chi connectivity index (χ4n) is 1.22. The molecule has 92 valence electrons. The smallest absolute Gasteiger partial charge is 0.315 e. The van der Waals surface area contributed by atoms with E-state index in [4.69, 9.17) is 10.5 Å². The van der Waals surface area contributed by atoms with Crippen LogP contribution in [0.5, 0.6) is 0 Å². The molecular formula is C12H15NO3S. The van der Waals surface area contributed by atoms with Gasteiger partial charge in [-0.05, 0) is 24.6 Å². The number of ether oxygens (including phenoxy) is 1. The Kier molecular flexibility index (Phi) is 5.56. The maximum atomic E-state index is 11.1. The van der Waals surface area contributed by atoms with Crippen LogP contribution in [0, 0.1) is 0 Å². The van der Waals surface area contributed by atoms with Gasteiger partial charge in [-0.3, -0.25) is 9.59 Å². The van der Waals surface area contributed by atoms with E-state index in [1.54, 1.807) is 19.1 Å². The zero-order valence-corrected chi connectivity index (χ0v) is 10.5. The zero-order chi connectivity index (χ0) is 12.7. The summed E-state index contributed by atoms with van der Waals surface area (Å²) >= 11 is 1.48. The third-order valence-corrected chi connectivity index (χ3v) is 3.01. The van der Waals surface area contributed by atoms with Gasteiger partial charge in [0, 0.05) is 11.3 Å². The minimum atomic E-state index is -0.435. The minimum Gasteiger partial charge on any atom is -0.465 e. The Morgan fingerprint density at radius 2 is 1.94 bits per heavy atom. The van der Waals surface area contributed by atoms with E-state index in [1.165, 1.54) is 11.8 Å². The number of thioether (sulfide) groups is 1. The summed E-state index contributed by atoms with van der Waals surface area (Å²) < 4.78 is 4.81. The normalized spacial score (nSPS) is 9.94. The summed E-state index contributed by atoms with van der Waals surface area (Å²) in [7, 11) is 0. The van der Waals surface area contributed by atoms with Crippen molar-refractivity contribution >= 4 is 23.6 Å². The van der Waals surface area contributed by atoms with Crippen molar-refractivity contribution in [2.75, 3.05) is 12.4 Å². The average molecular weight is 253 g/mol. The predicted octanol–water partition coefficient (Wildman–Crippen LogP) is 1.58. The van der Waals surface area contributed by atoms with Crippen LogP contribution in [-0.4, -0.2) is 24.2 Å². The van der Waals surface area contributed by atoms with E-state index >= 15 is 0 Å². The molecule has 0 saturated heterocycles. The van der Waals surface area contributed by atoms with Crippen molar-refractivity contribution in [2.24, 2.45) is 5.73 Å². The number of esters is 1. The van der Waals surface area contributed by atoms with Crippen molar-refractivity contribution in [3.05, 3.63) is 35.4 Å². The van der Waals surface area contributed by atoms with E-state index in [0.29, 0.717) is 23.7 Å². The molecule has 0 heterocycles. The third kappa shape index (κ3) is 4.91. The summed E-state index contributed by atoms with van der Waals surface area (Å²) in [6.07, 6.45) is 0. The first-order chi connectivity index (χ1) is 8.13. The Bertz CT molecular complexity index is 389. The van der Waals surface area contributed by atoms with Gasteiger partial charge in [0.15, 0.2) is 0 Å². The molecule has 0 unspecified atom stereocenters. The zero-order valence-electron chi connectivity index (χ0n) is 9.64. The molecule has 0 bridgehead atoms. The van der Waals surface area contributed by atoms with E-state index in [9.17, 15) is 9.59 Å². The summed E-state index contributed by atoms with van der Waals surface area (Å²) in [5.74, 6) is 0.408. The fourth-order valence-corrected chi connectivity index (χ4v) is 2.00. The Balaban J connectivity index is 2.37. The first-order valence-electron chi connectivity index (χ1n) is 5.25. The van der Waals surface area contributed by atoms with Crippen LogP contribution < -0.4 is 5.73 Å².